The maximum Gasteiger partial charge on any atom is 0.325 e. The van der Waals surface area contributed by atoms with Crippen LogP contribution in [0.15, 0.2) is 15.7 Å². The summed E-state index contributed by atoms with van der Waals surface area (Å²) in [6, 6.07) is 1.19. The average molecular weight is 267 g/mol. The van der Waals surface area contributed by atoms with Crippen molar-refractivity contribution in [3.8, 4) is 0 Å². The van der Waals surface area contributed by atoms with Gasteiger partial charge in [-0.2, -0.15) is 0 Å². The van der Waals surface area contributed by atoms with Gasteiger partial charge < -0.3 is 15.0 Å². The lowest BCUT2D eigenvalue weighted by atomic mass is 9.83. The number of aliphatic hydroxyl groups is 1. The summed E-state index contributed by atoms with van der Waals surface area (Å²) in [4.78, 5) is 40.0. The molecule has 2 rings (SSSR count). The molecule has 0 aliphatic carbocycles. The number of aromatic amines is 2. The number of likely N-dealkylation sites (tertiary alicyclic amines) is 1. The maximum absolute atomic E-state index is 11.9. The lowest BCUT2D eigenvalue weighted by molar-refractivity contribution is -0.163. The van der Waals surface area contributed by atoms with Crippen LogP contribution in [0.1, 0.15) is 19.5 Å². The summed E-state index contributed by atoms with van der Waals surface area (Å²) in [6.07, 6.45) is -0.0483. The van der Waals surface area contributed by atoms with Crippen LogP contribution in [0.2, 0.25) is 0 Å². The fourth-order valence-corrected chi connectivity index (χ4v) is 2.05. The lowest BCUT2D eigenvalue weighted by Gasteiger charge is -2.49. The van der Waals surface area contributed by atoms with Crippen molar-refractivity contribution in [3.05, 3.63) is 32.6 Å². The van der Waals surface area contributed by atoms with Crippen molar-refractivity contribution >= 4 is 5.91 Å². The molecule has 1 aromatic heterocycles. The van der Waals surface area contributed by atoms with Crippen LogP contribution in [0, 0.1) is 5.92 Å². The minimum atomic E-state index is -0.822. The molecule has 0 unspecified atom stereocenters. The van der Waals surface area contributed by atoms with Crippen LogP contribution < -0.4 is 11.2 Å². The Kier molecular flexibility index (Phi) is 3.32. The third kappa shape index (κ3) is 2.76. The van der Waals surface area contributed by atoms with Gasteiger partial charge in [0.1, 0.15) is 5.60 Å². The fraction of sp³-hybridized carbons (Fsp3) is 0.583. The first kappa shape index (κ1) is 13.5. The number of H-pyrrole nitrogens is 2. The molecule has 0 saturated carbocycles. The van der Waals surface area contributed by atoms with Crippen molar-refractivity contribution < 1.29 is 9.90 Å². The molecular formula is C12H17N3O4. The Morgan fingerprint density at radius 1 is 1.42 bits per heavy atom. The van der Waals surface area contributed by atoms with E-state index in [4.69, 9.17) is 0 Å². The summed E-state index contributed by atoms with van der Waals surface area (Å²) in [7, 11) is 0. The highest BCUT2D eigenvalue weighted by Crippen LogP contribution is 2.28. The summed E-state index contributed by atoms with van der Waals surface area (Å²) in [5, 5.41) is 10.1. The molecule has 7 heteroatoms. The van der Waals surface area contributed by atoms with Crippen molar-refractivity contribution in [2.45, 2.75) is 25.9 Å². The molecule has 3 N–H and O–H groups in total. The van der Waals surface area contributed by atoms with E-state index in [0.717, 1.165) is 0 Å². The van der Waals surface area contributed by atoms with Gasteiger partial charge >= 0.3 is 5.69 Å². The molecule has 0 spiro atoms. The van der Waals surface area contributed by atoms with Crippen LogP contribution in [-0.2, 0) is 11.2 Å². The van der Waals surface area contributed by atoms with Crippen LogP contribution in [0.5, 0.6) is 0 Å². The van der Waals surface area contributed by atoms with Gasteiger partial charge in [-0.25, -0.2) is 4.79 Å². The number of rotatable bonds is 3. The molecule has 1 amide bonds. The average Bonchev–Trinajstić information content (AvgIpc) is 2.22. The topological polar surface area (TPSA) is 106 Å². The summed E-state index contributed by atoms with van der Waals surface area (Å²) in [5.41, 5.74) is -1.71. The van der Waals surface area contributed by atoms with Crippen LogP contribution in [0.3, 0.4) is 0 Å². The number of β-amino-alcohol motifs (C(OH)–C–C–N with tert-alkyl or cyclic N) is 1. The number of amides is 1. The predicted octanol–water partition coefficient (Wildman–Crippen LogP) is -1.16. The highest BCUT2D eigenvalue weighted by molar-refractivity contribution is 5.79. The standard InChI is InChI=1S/C12H17N3O4/c1-7(2)12(19)5-15(6-12)10(17)4-8-3-9(16)14-11(18)13-8/h3,7,19H,4-6H2,1-2H3,(H2,13,14,16,18). The molecule has 1 aliphatic heterocycles. The van der Waals surface area contributed by atoms with Crippen LogP contribution in [0.25, 0.3) is 0 Å². The molecule has 19 heavy (non-hydrogen) atoms. The normalized spacial score (nSPS) is 17.4. The third-order valence-electron chi connectivity index (χ3n) is 3.51. The Balaban J connectivity index is 2.00. The molecule has 1 saturated heterocycles. The number of carbonyl (C=O) groups is 1. The zero-order valence-corrected chi connectivity index (χ0v) is 10.9. The van der Waals surface area contributed by atoms with Crippen molar-refractivity contribution in [1.82, 2.24) is 14.9 Å². The Labute approximate surface area is 109 Å². The minimum Gasteiger partial charge on any atom is -0.386 e. The van der Waals surface area contributed by atoms with Crippen molar-refractivity contribution in [3.63, 3.8) is 0 Å². The first-order valence-corrected chi connectivity index (χ1v) is 6.13. The SMILES string of the molecule is CC(C)C1(O)CN(C(=O)Cc2cc(=O)[nH]c(=O)[nH]2)C1. The molecule has 1 aromatic rings. The van der Waals surface area contributed by atoms with Gasteiger partial charge in [0.25, 0.3) is 5.56 Å². The third-order valence-corrected chi connectivity index (χ3v) is 3.51. The molecular weight excluding hydrogens is 250 g/mol. The van der Waals surface area contributed by atoms with Crippen molar-refractivity contribution in [1.29, 1.82) is 0 Å². The molecule has 1 fully saturated rings. The largest absolute Gasteiger partial charge is 0.386 e. The first-order valence-electron chi connectivity index (χ1n) is 6.13. The second kappa shape index (κ2) is 4.65. The summed E-state index contributed by atoms with van der Waals surface area (Å²) in [5.74, 6) is -0.137. The van der Waals surface area contributed by atoms with E-state index in [9.17, 15) is 19.5 Å². The molecule has 0 radical (unpaired) electrons. The second-order valence-corrected chi connectivity index (χ2v) is 5.30. The van der Waals surface area contributed by atoms with Crippen molar-refractivity contribution in [2.75, 3.05) is 13.1 Å². The molecule has 1 aliphatic rings. The fourth-order valence-electron chi connectivity index (χ4n) is 2.05. The molecule has 0 aromatic carbocycles. The highest BCUT2D eigenvalue weighted by Gasteiger charge is 2.45. The quantitative estimate of drug-likeness (QED) is 0.642. The lowest BCUT2D eigenvalue weighted by Crippen LogP contribution is -2.66. The maximum atomic E-state index is 11.9. The Hall–Kier alpha value is -1.89. The van der Waals surface area contributed by atoms with E-state index in [1.807, 2.05) is 18.8 Å². The number of aromatic nitrogens is 2. The second-order valence-electron chi connectivity index (χ2n) is 5.30. The van der Waals surface area contributed by atoms with E-state index in [0.29, 0.717) is 0 Å². The van der Waals surface area contributed by atoms with E-state index in [1.165, 1.54) is 11.0 Å². The zero-order valence-electron chi connectivity index (χ0n) is 10.9. The number of hydrogen-bond donors (Lipinski definition) is 3. The van der Waals surface area contributed by atoms with Gasteiger partial charge in [0.05, 0.1) is 19.5 Å². The van der Waals surface area contributed by atoms with Gasteiger partial charge in [-0.15, -0.1) is 0 Å². The van der Waals surface area contributed by atoms with Crippen molar-refractivity contribution in [2.24, 2.45) is 5.92 Å². The smallest absolute Gasteiger partial charge is 0.325 e. The van der Waals surface area contributed by atoms with E-state index in [-0.39, 0.29) is 37.0 Å². The molecule has 0 atom stereocenters. The van der Waals surface area contributed by atoms with Gasteiger partial charge in [-0.3, -0.25) is 14.6 Å². The highest BCUT2D eigenvalue weighted by atomic mass is 16.3. The van der Waals surface area contributed by atoms with E-state index in [1.54, 1.807) is 0 Å². The van der Waals surface area contributed by atoms with Gasteiger partial charge in [-0.1, -0.05) is 13.8 Å². The Morgan fingerprint density at radius 2 is 2.05 bits per heavy atom. The van der Waals surface area contributed by atoms with E-state index >= 15 is 0 Å². The molecule has 104 valence electrons. The van der Waals surface area contributed by atoms with Gasteiger partial charge in [0, 0.05) is 11.8 Å². The first-order chi connectivity index (χ1) is 8.80. The Morgan fingerprint density at radius 3 is 2.58 bits per heavy atom. The number of hydrogen-bond acceptors (Lipinski definition) is 4. The summed E-state index contributed by atoms with van der Waals surface area (Å²) in [6.45, 7) is 4.37. The Bertz CT molecular complexity index is 567. The number of nitrogens with one attached hydrogen (secondary N) is 2. The van der Waals surface area contributed by atoms with E-state index in [2.05, 4.69) is 4.98 Å². The minimum absolute atomic E-state index is 0.0483. The van der Waals surface area contributed by atoms with Crippen LogP contribution in [0.4, 0.5) is 0 Å². The van der Waals surface area contributed by atoms with Crippen LogP contribution in [-0.4, -0.2) is 44.6 Å². The number of carbonyl (C=O) groups excluding carboxylic acids is 1. The summed E-state index contributed by atoms with van der Waals surface area (Å²) < 4.78 is 0. The van der Waals surface area contributed by atoms with Gasteiger partial charge in [-0.05, 0) is 5.92 Å². The molecule has 7 nitrogen and oxygen atoms in total. The van der Waals surface area contributed by atoms with Gasteiger partial charge in [0.15, 0.2) is 0 Å². The number of nitrogens with zero attached hydrogens (tertiary/aromatic N) is 1. The predicted molar refractivity (Wildman–Crippen MR) is 67.8 cm³/mol. The monoisotopic (exact) mass is 267 g/mol. The molecule has 2 heterocycles. The molecule has 0 bridgehead atoms. The summed E-state index contributed by atoms with van der Waals surface area (Å²) >= 11 is 0. The van der Waals surface area contributed by atoms with Crippen LogP contribution >= 0.6 is 0 Å². The van der Waals surface area contributed by atoms with E-state index < -0.39 is 16.9 Å². The zero-order chi connectivity index (χ0) is 14.2. The van der Waals surface area contributed by atoms with Gasteiger partial charge in [0.2, 0.25) is 5.91 Å².